The average molecular weight is 153 g/mol. The topological polar surface area (TPSA) is 3.24 Å². The molecule has 2 bridgehead atoms. The Balaban J connectivity index is 2.13. The molecule has 1 nitrogen and oxygen atoms in total. The summed E-state index contributed by atoms with van der Waals surface area (Å²) in [4.78, 5) is 2.57. The highest BCUT2D eigenvalue weighted by Crippen LogP contribution is 2.41. The lowest BCUT2D eigenvalue weighted by Gasteiger charge is -2.49. The first-order valence-corrected chi connectivity index (χ1v) is 4.92. The first-order valence-electron chi connectivity index (χ1n) is 4.92. The zero-order valence-electron chi connectivity index (χ0n) is 7.77. The van der Waals surface area contributed by atoms with E-state index in [2.05, 4.69) is 18.9 Å². The first kappa shape index (κ1) is 7.60. The molecule has 64 valence electrons. The van der Waals surface area contributed by atoms with E-state index in [9.17, 15) is 0 Å². The highest BCUT2D eigenvalue weighted by atomic mass is 15.2. The van der Waals surface area contributed by atoms with Gasteiger partial charge < -0.3 is 4.90 Å². The summed E-state index contributed by atoms with van der Waals surface area (Å²) in [6.07, 6.45) is 7.31. The maximum absolute atomic E-state index is 2.57. The van der Waals surface area contributed by atoms with Crippen LogP contribution in [0.5, 0.6) is 0 Å². The summed E-state index contributed by atoms with van der Waals surface area (Å²) < 4.78 is 0. The van der Waals surface area contributed by atoms with E-state index in [1.807, 2.05) is 0 Å². The van der Waals surface area contributed by atoms with Crippen molar-refractivity contribution in [2.45, 2.75) is 44.6 Å². The van der Waals surface area contributed by atoms with Crippen LogP contribution in [0.15, 0.2) is 0 Å². The highest BCUT2D eigenvalue weighted by Gasteiger charge is 2.38. The third kappa shape index (κ3) is 1.20. The van der Waals surface area contributed by atoms with Crippen LogP contribution in [0.3, 0.4) is 0 Å². The van der Waals surface area contributed by atoms with Crippen LogP contribution in [0.4, 0.5) is 0 Å². The Morgan fingerprint density at radius 2 is 2.18 bits per heavy atom. The van der Waals surface area contributed by atoms with Crippen molar-refractivity contribution in [3.63, 3.8) is 0 Å². The third-order valence-electron chi connectivity index (χ3n) is 3.85. The molecule has 1 aliphatic heterocycles. The Hall–Kier alpha value is -0.0400. The molecule has 0 aromatic rings. The average Bonchev–Trinajstić information content (AvgIpc) is 1.98. The fourth-order valence-electron chi connectivity index (χ4n) is 2.84. The van der Waals surface area contributed by atoms with Crippen molar-refractivity contribution >= 4 is 0 Å². The Morgan fingerprint density at radius 1 is 1.36 bits per heavy atom. The van der Waals surface area contributed by atoms with Gasteiger partial charge in [-0.15, -0.1) is 0 Å². The minimum atomic E-state index is 0.571. The lowest BCUT2D eigenvalue weighted by molar-refractivity contribution is 0.0187. The minimum absolute atomic E-state index is 0.571. The van der Waals surface area contributed by atoms with Crippen molar-refractivity contribution in [2.75, 3.05) is 13.6 Å². The summed E-state index contributed by atoms with van der Waals surface area (Å²) in [5.74, 6) is 1.06. The lowest BCUT2D eigenvalue weighted by atomic mass is 9.72. The number of nitrogens with zero attached hydrogens (tertiary/aromatic N) is 1. The summed E-state index contributed by atoms with van der Waals surface area (Å²) in [5.41, 5.74) is 0.571. The number of piperidine rings is 1. The van der Waals surface area contributed by atoms with Gasteiger partial charge in [-0.3, -0.25) is 0 Å². The van der Waals surface area contributed by atoms with E-state index in [1.54, 1.807) is 0 Å². The summed E-state index contributed by atoms with van der Waals surface area (Å²) >= 11 is 0. The van der Waals surface area contributed by atoms with E-state index < -0.39 is 0 Å². The number of fused-ring (bicyclic) bond motifs is 2. The minimum Gasteiger partial charge on any atom is -0.301 e. The number of rotatable bonds is 0. The van der Waals surface area contributed by atoms with Gasteiger partial charge in [0.05, 0.1) is 0 Å². The number of hydrogen-bond donors (Lipinski definition) is 0. The van der Waals surface area contributed by atoms with Gasteiger partial charge in [0.15, 0.2) is 0 Å². The summed E-state index contributed by atoms with van der Waals surface area (Å²) in [6.45, 7) is 3.78. The molecular weight excluding hydrogens is 134 g/mol. The molecular formula is C10H19N. The van der Waals surface area contributed by atoms with Crippen LogP contribution in [0, 0.1) is 5.92 Å². The highest BCUT2D eigenvalue weighted by molar-refractivity contribution is 4.94. The first-order chi connectivity index (χ1) is 5.21. The molecule has 1 heteroatoms. The van der Waals surface area contributed by atoms with Gasteiger partial charge in [0.1, 0.15) is 0 Å². The second-order valence-corrected chi connectivity index (χ2v) is 4.67. The largest absolute Gasteiger partial charge is 0.301 e. The van der Waals surface area contributed by atoms with Crippen LogP contribution in [-0.4, -0.2) is 24.0 Å². The van der Waals surface area contributed by atoms with E-state index in [1.165, 1.54) is 38.6 Å². The van der Waals surface area contributed by atoms with Crippen molar-refractivity contribution in [1.29, 1.82) is 0 Å². The maximum atomic E-state index is 2.57. The van der Waals surface area contributed by atoms with Crippen molar-refractivity contribution in [3.8, 4) is 0 Å². The molecule has 0 amide bonds. The van der Waals surface area contributed by atoms with Gasteiger partial charge in [0, 0.05) is 5.54 Å². The predicted molar refractivity (Wildman–Crippen MR) is 47.6 cm³/mol. The molecule has 1 saturated carbocycles. The molecule has 2 atom stereocenters. The fourth-order valence-corrected chi connectivity index (χ4v) is 2.84. The molecule has 1 saturated heterocycles. The van der Waals surface area contributed by atoms with Crippen molar-refractivity contribution in [1.82, 2.24) is 4.90 Å². The van der Waals surface area contributed by atoms with Crippen molar-refractivity contribution in [2.24, 2.45) is 5.92 Å². The molecule has 11 heavy (non-hydrogen) atoms. The molecule has 0 aromatic heterocycles. The molecule has 0 radical (unpaired) electrons. The zero-order valence-corrected chi connectivity index (χ0v) is 7.77. The Labute approximate surface area is 69.8 Å². The molecule has 2 aliphatic rings. The number of likely N-dealkylation sites (tertiary alicyclic amines) is 1. The molecule has 1 unspecified atom stereocenters. The summed E-state index contributed by atoms with van der Waals surface area (Å²) in [6, 6.07) is 0. The van der Waals surface area contributed by atoms with Gasteiger partial charge in [-0.25, -0.2) is 0 Å². The molecule has 1 heterocycles. The lowest BCUT2D eigenvalue weighted by Crippen LogP contribution is -2.51. The smallest absolute Gasteiger partial charge is 0.0181 e. The molecule has 2 rings (SSSR count). The monoisotopic (exact) mass is 153 g/mol. The van der Waals surface area contributed by atoms with Crippen LogP contribution in [0.1, 0.15) is 39.0 Å². The van der Waals surface area contributed by atoms with E-state index in [0.29, 0.717) is 5.54 Å². The van der Waals surface area contributed by atoms with Crippen LogP contribution in [0.25, 0.3) is 0 Å². The van der Waals surface area contributed by atoms with Crippen LogP contribution in [-0.2, 0) is 0 Å². The van der Waals surface area contributed by atoms with E-state index >= 15 is 0 Å². The van der Waals surface area contributed by atoms with Gasteiger partial charge in [-0.05, 0) is 45.7 Å². The standard InChI is InChI=1S/C10H19N/c1-10-6-3-4-9(8-10)5-7-11(10)2/h9H,3-8H2,1-2H3/t9?,10-/m0/s1. The van der Waals surface area contributed by atoms with E-state index in [4.69, 9.17) is 0 Å². The van der Waals surface area contributed by atoms with Crippen molar-refractivity contribution in [3.05, 3.63) is 0 Å². The second-order valence-electron chi connectivity index (χ2n) is 4.67. The van der Waals surface area contributed by atoms with Gasteiger partial charge in [-0.2, -0.15) is 0 Å². The van der Waals surface area contributed by atoms with Gasteiger partial charge >= 0.3 is 0 Å². The Morgan fingerprint density at radius 3 is 2.91 bits per heavy atom. The normalized spacial score (nSPS) is 45.8. The number of hydrogen-bond acceptors (Lipinski definition) is 1. The third-order valence-corrected chi connectivity index (χ3v) is 3.85. The summed E-state index contributed by atoms with van der Waals surface area (Å²) in [5, 5.41) is 0. The Bertz CT molecular complexity index is 155. The SMILES string of the molecule is CN1CCC2CCC[C@@]1(C)C2. The molecule has 1 aliphatic carbocycles. The Kier molecular flexibility index (Phi) is 1.71. The maximum Gasteiger partial charge on any atom is 0.0181 e. The summed E-state index contributed by atoms with van der Waals surface area (Å²) in [7, 11) is 2.29. The molecule has 0 spiro atoms. The van der Waals surface area contributed by atoms with Gasteiger partial charge in [0.2, 0.25) is 0 Å². The zero-order chi connectivity index (χ0) is 7.90. The second kappa shape index (κ2) is 2.48. The van der Waals surface area contributed by atoms with E-state index in [0.717, 1.165) is 5.92 Å². The van der Waals surface area contributed by atoms with Crippen LogP contribution >= 0.6 is 0 Å². The van der Waals surface area contributed by atoms with Crippen molar-refractivity contribution < 1.29 is 0 Å². The molecule has 0 N–H and O–H groups in total. The van der Waals surface area contributed by atoms with Gasteiger partial charge in [0.25, 0.3) is 0 Å². The fraction of sp³-hybridized carbons (Fsp3) is 1.00. The molecule has 2 fully saturated rings. The predicted octanol–water partition coefficient (Wildman–Crippen LogP) is 2.27. The van der Waals surface area contributed by atoms with Crippen LogP contribution < -0.4 is 0 Å². The van der Waals surface area contributed by atoms with Crippen LogP contribution in [0.2, 0.25) is 0 Å². The molecule has 0 aromatic carbocycles. The van der Waals surface area contributed by atoms with Gasteiger partial charge in [-0.1, -0.05) is 12.8 Å². The quantitative estimate of drug-likeness (QED) is 0.516. The van der Waals surface area contributed by atoms with E-state index in [-0.39, 0.29) is 0 Å².